The van der Waals surface area contributed by atoms with Crippen LogP contribution in [0.15, 0.2) is 29.4 Å². The molecule has 26 heavy (non-hydrogen) atoms. The van der Waals surface area contributed by atoms with Crippen LogP contribution >= 0.6 is 11.8 Å². The maximum atomic E-state index is 12.5. The molecule has 1 aromatic heterocycles. The summed E-state index contributed by atoms with van der Waals surface area (Å²) in [6.07, 6.45) is 5.66. The van der Waals surface area contributed by atoms with Gasteiger partial charge in [-0.3, -0.25) is 4.79 Å². The Balaban J connectivity index is 1.24. The van der Waals surface area contributed by atoms with Crippen LogP contribution in [0.2, 0.25) is 0 Å². The smallest absolute Gasteiger partial charge is 0.230 e. The van der Waals surface area contributed by atoms with Crippen LogP contribution in [-0.2, 0) is 4.79 Å². The Morgan fingerprint density at radius 2 is 2.04 bits per heavy atom. The van der Waals surface area contributed by atoms with Gasteiger partial charge in [0.25, 0.3) is 0 Å². The number of amides is 1. The van der Waals surface area contributed by atoms with Gasteiger partial charge in [0.15, 0.2) is 5.16 Å². The van der Waals surface area contributed by atoms with Gasteiger partial charge in [-0.1, -0.05) is 30.0 Å². The van der Waals surface area contributed by atoms with Crippen molar-refractivity contribution in [1.29, 1.82) is 0 Å². The Labute approximate surface area is 156 Å². The molecule has 2 saturated carbocycles. The Hall–Kier alpha value is -2.02. The van der Waals surface area contributed by atoms with Crippen LogP contribution in [0.3, 0.4) is 0 Å². The van der Waals surface area contributed by atoms with Crippen LogP contribution in [-0.4, -0.2) is 33.0 Å². The molecule has 3 aliphatic rings. The zero-order valence-corrected chi connectivity index (χ0v) is 15.4. The van der Waals surface area contributed by atoms with Crippen molar-refractivity contribution in [1.82, 2.24) is 20.1 Å². The van der Waals surface area contributed by atoms with Crippen molar-refractivity contribution >= 4 is 17.7 Å². The molecular weight excluding hydrogens is 348 g/mol. The number of carbonyl (C=O) groups excluding carboxylic acids is 1. The van der Waals surface area contributed by atoms with Gasteiger partial charge in [0.2, 0.25) is 5.91 Å². The summed E-state index contributed by atoms with van der Waals surface area (Å²) in [7, 11) is 0. The first kappa shape index (κ1) is 16.2. The van der Waals surface area contributed by atoms with E-state index in [1.54, 1.807) is 0 Å². The van der Waals surface area contributed by atoms with E-state index in [1.807, 2.05) is 24.3 Å². The molecule has 2 aliphatic carbocycles. The summed E-state index contributed by atoms with van der Waals surface area (Å²) in [4.78, 5) is 12.5. The first-order valence-electron chi connectivity index (χ1n) is 9.38. The van der Waals surface area contributed by atoms with Crippen LogP contribution in [0.25, 0.3) is 0 Å². The standard InChI is InChI=1S/C19H22N4O2S/c24-17(20-15-9-10-25-16-4-2-1-3-14(15)16)11-26-19-22-21-18(12-5-6-12)23(19)13-7-8-13/h1-4,12-13,15H,5-11H2,(H,20,24). The molecule has 0 radical (unpaired) electrons. The fourth-order valence-corrected chi connectivity index (χ4v) is 4.36. The fraction of sp³-hybridized carbons (Fsp3) is 0.526. The van der Waals surface area contributed by atoms with E-state index in [0.29, 0.717) is 24.3 Å². The predicted molar refractivity (Wildman–Crippen MR) is 98.4 cm³/mol. The molecule has 1 N–H and O–H groups in total. The number of rotatable bonds is 6. The number of benzene rings is 1. The average Bonchev–Trinajstić information content (AvgIpc) is 3.59. The van der Waals surface area contributed by atoms with Gasteiger partial charge in [0, 0.05) is 23.9 Å². The maximum Gasteiger partial charge on any atom is 0.230 e. The summed E-state index contributed by atoms with van der Waals surface area (Å²) in [5.74, 6) is 3.00. The van der Waals surface area contributed by atoms with Crippen molar-refractivity contribution in [2.75, 3.05) is 12.4 Å². The van der Waals surface area contributed by atoms with Crippen LogP contribution in [0.5, 0.6) is 5.75 Å². The number of aromatic nitrogens is 3. The minimum Gasteiger partial charge on any atom is -0.493 e. The van der Waals surface area contributed by atoms with Gasteiger partial charge in [-0.05, 0) is 31.7 Å². The van der Waals surface area contributed by atoms with Crippen LogP contribution in [0, 0.1) is 0 Å². The van der Waals surface area contributed by atoms with Crippen molar-refractivity contribution in [2.24, 2.45) is 0 Å². The van der Waals surface area contributed by atoms with E-state index in [-0.39, 0.29) is 11.9 Å². The van der Waals surface area contributed by atoms with Gasteiger partial charge in [0.1, 0.15) is 11.6 Å². The van der Waals surface area contributed by atoms with E-state index in [4.69, 9.17) is 4.74 Å². The lowest BCUT2D eigenvalue weighted by Gasteiger charge is -2.26. The van der Waals surface area contributed by atoms with E-state index in [0.717, 1.165) is 28.7 Å². The fourth-order valence-electron chi connectivity index (χ4n) is 3.54. The summed E-state index contributed by atoms with van der Waals surface area (Å²) in [5, 5.41) is 12.8. The first-order chi connectivity index (χ1) is 12.8. The van der Waals surface area contributed by atoms with Gasteiger partial charge in [0.05, 0.1) is 18.4 Å². The average molecular weight is 370 g/mol. The Morgan fingerprint density at radius 1 is 1.19 bits per heavy atom. The lowest BCUT2D eigenvalue weighted by Crippen LogP contribution is -2.33. The molecule has 1 unspecified atom stereocenters. The van der Waals surface area contributed by atoms with Crippen LogP contribution in [0.4, 0.5) is 0 Å². The Morgan fingerprint density at radius 3 is 2.85 bits per heavy atom. The summed E-state index contributed by atoms with van der Waals surface area (Å²) in [6.45, 7) is 0.635. The second-order valence-corrected chi connectivity index (χ2v) is 8.24. The Kier molecular flexibility index (Phi) is 4.11. The quantitative estimate of drug-likeness (QED) is 0.791. The molecule has 136 valence electrons. The van der Waals surface area contributed by atoms with Gasteiger partial charge in [-0.2, -0.15) is 0 Å². The number of ether oxygens (including phenoxy) is 1. The van der Waals surface area contributed by atoms with E-state index >= 15 is 0 Å². The number of nitrogens with zero attached hydrogens (tertiary/aromatic N) is 3. The van der Waals surface area contributed by atoms with Gasteiger partial charge in [-0.25, -0.2) is 0 Å². The summed E-state index contributed by atoms with van der Waals surface area (Å²) >= 11 is 1.51. The van der Waals surface area contributed by atoms with Crippen molar-refractivity contribution in [3.8, 4) is 5.75 Å². The van der Waals surface area contributed by atoms with Crippen molar-refractivity contribution < 1.29 is 9.53 Å². The lowest BCUT2D eigenvalue weighted by molar-refractivity contribution is -0.119. The molecule has 6 nitrogen and oxygen atoms in total. The Bertz CT molecular complexity index is 829. The highest BCUT2D eigenvalue weighted by atomic mass is 32.2. The van der Waals surface area contributed by atoms with E-state index in [9.17, 15) is 4.79 Å². The van der Waals surface area contributed by atoms with E-state index < -0.39 is 0 Å². The topological polar surface area (TPSA) is 69.0 Å². The number of para-hydroxylation sites is 1. The highest BCUT2D eigenvalue weighted by Gasteiger charge is 2.36. The SMILES string of the molecule is O=C(CSc1nnc(C2CC2)n1C1CC1)NC1CCOc2ccccc21. The zero-order valence-electron chi connectivity index (χ0n) is 14.6. The van der Waals surface area contributed by atoms with Gasteiger partial charge >= 0.3 is 0 Å². The van der Waals surface area contributed by atoms with Crippen LogP contribution < -0.4 is 10.1 Å². The van der Waals surface area contributed by atoms with Gasteiger partial charge < -0.3 is 14.6 Å². The number of thioether (sulfide) groups is 1. The highest BCUT2D eigenvalue weighted by molar-refractivity contribution is 7.99. The number of hydrogen-bond donors (Lipinski definition) is 1. The molecule has 0 bridgehead atoms. The number of fused-ring (bicyclic) bond motifs is 1. The minimum atomic E-state index is 0.0244. The molecule has 1 aromatic carbocycles. The van der Waals surface area contributed by atoms with Crippen LogP contribution in [0.1, 0.15) is 61.5 Å². The maximum absolute atomic E-state index is 12.5. The van der Waals surface area contributed by atoms with Gasteiger partial charge in [-0.15, -0.1) is 10.2 Å². The molecule has 2 aromatic rings. The third-order valence-corrected chi connectivity index (χ3v) is 6.11. The molecule has 2 heterocycles. The molecule has 1 atom stereocenters. The third-order valence-electron chi connectivity index (χ3n) is 5.17. The largest absolute Gasteiger partial charge is 0.493 e. The lowest BCUT2D eigenvalue weighted by atomic mass is 10.0. The minimum absolute atomic E-state index is 0.0244. The number of hydrogen-bond acceptors (Lipinski definition) is 5. The van der Waals surface area contributed by atoms with Crippen molar-refractivity contribution in [2.45, 2.75) is 55.3 Å². The molecule has 0 saturated heterocycles. The molecule has 0 spiro atoms. The summed E-state index contributed by atoms with van der Waals surface area (Å²) in [5.41, 5.74) is 1.06. The third kappa shape index (κ3) is 3.20. The molecule has 1 aliphatic heterocycles. The molecule has 5 rings (SSSR count). The van der Waals surface area contributed by atoms with Crippen molar-refractivity contribution in [3.05, 3.63) is 35.7 Å². The molecule has 1 amide bonds. The molecular formula is C19H22N4O2S. The normalized spacial score (nSPS) is 21.8. The second-order valence-electron chi connectivity index (χ2n) is 7.30. The van der Waals surface area contributed by atoms with E-state index in [2.05, 4.69) is 20.1 Å². The van der Waals surface area contributed by atoms with E-state index in [1.165, 1.54) is 37.4 Å². The zero-order chi connectivity index (χ0) is 17.5. The predicted octanol–water partition coefficient (Wildman–Crippen LogP) is 3.22. The summed E-state index contributed by atoms with van der Waals surface area (Å²) in [6, 6.07) is 8.50. The molecule has 7 heteroatoms. The van der Waals surface area contributed by atoms with Crippen molar-refractivity contribution in [3.63, 3.8) is 0 Å². The number of carbonyl (C=O) groups is 1. The molecule has 2 fully saturated rings. The highest BCUT2D eigenvalue weighted by Crippen LogP contribution is 2.46. The summed E-state index contributed by atoms with van der Waals surface area (Å²) < 4.78 is 7.96. The monoisotopic (exact) mass is 370 g/mol. The second kappa shape index (κ2) is 6.61. The first-order valence-corrected chi connectivity index (χ1v) is 10.4. The number of nitrogens with one attached hydrogen (secondary N) is 1.